The lowest BCUT2D eigenvalue weighted by atomic mass is 10.0. The summed E-state index contributed by atoms with van der Waals surface area (Å²) in [6.45, 7) is 1.54. The Morgan fingerprint density at radius 2 is 2.07 bits per heavy atom. The molecular weight excluding hydrogens is 192 g/mol. The number of nitrogens with two attached hydrogens (primary N) is 1. The van der Waals surface area contributed by atoms with Gasteiger partial charge in [-0.3, -0.25) is 4.79 Å². The van der Waals surface area contributed by atoms with Gasteiger partial charge < -0.3 is 16.2 Å². The fraction of sp³-hybridized carbons (Fsp3) is 0.364. The van der Waals surface area contributed by atoms with Crippen molar-refractivity contribution in [3.63, 3.8) is 0 Å². The van der Waals surface area contributed by atoms with Crippen molar-refractivity contribution in [3.8, 4) is 0 Å². The first-order valence-corrected chi connectivity index (χ1v) is 4.87. The minimum Gasteiger partial charge on any atom is -0.396 e. The standard InChI is InChI=1S/C11H16N2O2/c1-8(15)13-10-4-2-9(3-5-10)11(12)6-7-14/h2-5,11,14H,6-7,12H2,1H3,(H,13,15). The molecule has 1 aromatic carbocycles. The van der Waals surface area contributed by atoms with Gasteiger partial charge >= 0.3 is 0 Å². The SMILES string of the molecule is CC(=O)Nc1ccc(C(N)CCO)cc1. The molecule has 82 valence electrons. The number of aliphatic hydroxyl groups excluding tert-OH is 1. The molecule has 4 N–H and O–H groups in total. The maximum absolute atomic E-state index is 10.8. The molecule has 0 heterocycles. The number of aliphatic hydroxyl groups is 1. The molecule has 0 aliphatic rings. The Morgan fingerprint density at radius 1 is 1.47 bits per heavy atom. The highest BCUT2D eigenvalue weighted by Gasteiger charge is 2.04. The molecule has 1 unspecified atom stereocenters. The average Bonchev–Trinajstić information content (AvgIpc) is 2.18. The van der Waals surface area contributed by atoms with Crippen LogP contribution >= 0.6 is 0 Å². The second-order valence-electron chi connectivity index (χ2n) is 3.42. The molecule has 4 nitrogen and oxygen atoms in total. The Balaban J connectivity index is 2.67. The monoisotopic (exact) mass is 208 g/mol. The first-order valence-electron chi connectivity index (χ1n) is 4.87. The summed E-state index contributed by atoms with van der Waals surface area (Å²) in [7, 11) is 0. The first-order chi connectivity index (χ1) is 7.13. The quantitative estimate of drug-likeness (QED) is 0.691. The summed E-state index contributed by atoms with van der Waals surface area (Å²) in [5, 5.41) is 11.4. The number of carbonyl (C=O) groups excluding carboxylic acids is 1. The lowest BCUT2D eigenvalue weighted by Crippen LogP contribution is -2.12. The topological polar surface area (TPSA) is 75.4 Å². The molecule has 0 radical (unpaired) electrons. The summed E-state index contributed by atoms with van der Waals surface area (Å²) < 4.78 is 0. The van der Waals surface area contributed by atoms with Gasteiger partial charge in [-0.15, -0.1) is 0 Å². The van der Waals surface area contributed by atoms with E-state index in [4.69, 9.17) is 10.8 Å². The van der Waals surface area contributed by atoms with E-state index >= 15 is 0 Å². The van der Waals surface area contributed by atoms with E-state index in [0.29, 0.717) is 6.42 Å². The molecule has 0 bridgehead atoms. The predicted molar refractivity (Wildman–Crippen MR) is 59.4 cm³/mol. The molecule has 0 aliphatic heterocycles. The van der Waals surface area contributed by atoms with E-state index in [2.05, 4.69) is 5.32 Å². The zero-order valence-corrected chi connectivity index (χ0v) is 8.73. The molecule has 15 heavy (non-hydrogen) atoms. The summed E-state index contributed by atoms with van der Waals surface area (Å²) in [5.74, 6) is -0.0950. The molecule has 1 aromatic rings. The van der Waals surface area contributed by atoms with Crippen LogP contribution < -0.4 is 11.1 Å². The van der Waals surface area contributed by atoms with Crippen LogP contribution in [0.5, 0.6) is 0 Å². The highest BCUT2D eigenvalue weighted by atomic mass is 16.3. The Bertz CT molecular complexity index is 322. The number of rotatable bonds is 4. The summed E-state index contributed by atoms with van der Waals surface area (Å²) >= 11 is 0. The highest BCUT2D eigenvalue weighted by molar-refractivity contribution is 5.88. The smallest absolute Gasteiger partial charge is 0.221 e. The Labute approximate surface area is 89.1 Å². The number of nitrogens with one attached hydrogen (secondary N) is 1. The van der Waals surface area contributed by atoms with Gasteiger partial charge in [0.15, 0.2) is 0 Å². The summed E-state index contributed by atoms with van der Waals surface area (Å²) in [5.41, 5.74) is 7.52. The van der Waals surface area contributed by atoms with Crippen LogP contribution in [0.2, 0.25) is 0 Å². The average molecular weight is 208 g/mol. The number of anilines is 1. The van der Waals surface area contributed by atoms with Crippen LogP contribution in [0, 0.1) is 0 Å². The van der Waals surface area contributed by atoms with Crippen molar-refractivity contribution in [2.45, 2.75) is 19.4 Å². The van der Waals surface area contributed by atoms with Crippen molar-refractivity contribution in [2.75, 3.05) is 11.9 Å². The van der Waals surface area contributed by atoms with Gasteiger partial charge in [0.05, 0.1) is 0 Å². The van der Waals surface area contributed by atoms with Crippen molar-refractivity contribution in [2.24, 2.45) is 5.73 Å². The van der Waals surface area contributed by atoms with Gasteiger partial charge in [-0.25, -0.2) is 0 Å². The Kier molecular flexibility index (Phi) is 4.27. The Morgan fingerprint density at radius 3 is 2.53 bits per heavy atom. The van der Waals surface area contributed by atoms with Crippen LogP contribution in [0.3, 0.4) is 0 Å². The van der Waals surface area contributed by atoms with Crippen LogP contribution in [-0.2, 0) is 4.79 Å². The van der Waals surface area contributed by atoms with Gasteiger partial charge in [-0.05, 0) is 24.1 Å². The van der Waals surface area contributed by atoms with Crippen molar-refractivity contribution < 1.29 is 9.90 Å². The third-order valence-electron chi connectivity index (χ3n) is 2.10. The number of hydrogen-bond acceptors (Lipinski definition) is 3. The van der Waals surface area contributed by atoms with Gasteiger partial charge in [-0.1, -0.05) is 12.1 Å². The van der Waals surface area contributed by atoms with Gasteiger partial charge in [-0.2, -0.15) is 0 Å². The fourth-order valence-corrected chi connectivity index (χ4v) is 1.32. The number of hydrogen-bond donors (Lipinski definition) is 3. The third kappa shape index (κ3) is 3.69. The van der Waals surface area contributed by atoms with Crippen molar-refractivity contribution in [3.05, 3.63) is 29.8 Å². The fourth-order valence-electron chi connectivity index (χ4n) is 1.32. The molecule has 1 rings (SSSR count). The van der Waals surface area contributed by atoms with E-state index in [1.165, 1.54) is 6.92 Å². The summed E-state index contributed by atoms with van der Waals surface area (Å²) in [4.78, 5) is 10.8. The van der Waals surface area contributed by atoms with E-state index in [1.807, 2.05) is 12.1 Å². The van der Waals surface area contributed by atoms with Crippen LogP contribution in [0.1, 0.15) is 24.9 Å². The first kappa shape index (κ1) is 11.7. The molecular formula is C11H16N2O2. The molecule has 0 saturated heterocycles. The second kappa shape index (κ2) is 5.48. The maximum Gasteiger partial charge on any atom is 0.221 e. The molecule has 0 saturated carbocycles. The van der Waals surface area contributed by atoms with Crippen molar-refractivity contribution in [1.82, 2.24) is 0 Å². The third-order valence-corrected chi connectivity index (χ3v) is 2.10. The lowest BCUT2D eigenvalue weighted by Gasteiger charge is -2.11. The summed E-state index contributed by atoms with van der Waals surface area (Å²) in [6, 6.07) is 7.15. The maximum atomic E-state index is 10.8. The zero-order chi connectivity index (χ0) is 11.3. The van der Waals surface area contributed by atoms with Crippen LogP contribution in [0.15, 0.2) is 24.3 Å². The van der Waals surface area contributed by atoms with E-state index in [1.54, 1.807) is 12.1 Å². The number of carbonyl (C=O) groups is 1. The van der Waals surface area contributed by atoms with Crippen molar-refractivity contribution in [1.29, 1.82) is 0 Å². The number of amides is 1. The molecule has 0 fully saturated rings. The molecule has 0 aromatic heterocycles. The van der Waals surface area contributed by atoms with Gasteiger partial charge in [0.25, 0.3) is 0 Å². The molecule has 0 aliphatic carbocycles. The van der Waals surface area contributed by atoms with E-state index < -0.39 is 0 Å². The van der Waals surface area contributed by atoms with Gasteiger partial charge in [0, 0.05) is 25.3 Å². The molecule has 1 amide bonds. The minimum atomic E-state index is -0.152. The van der Waals surface area contributed by atoms with Crippen LogP contribution in [-0.4, -0.2) is 17.6 Å². The van der Waals surface area contributed by atoms with Gasteiger partial charge in [0.2, 0.25) is 5.91 Å². The summed E-state index contributed by atoms with van der Waals surface area (Å²) in [6.07, 6.45) is 0.541. The second-order valence-corrected chi connectivity index (χ2v) is 3.42. The molecule has 4 heteroatoms. The highest BCUT2D eigenvalue weighted by Crippen LogP contribution is 2.16. The minimum absolute atomic E-state index is 0.0780. The lowest BCUT2D eigenvalue weighted by molar-refractivity contribution is -0.114. The van der Waals surface area contributed by atoms with Gasteiger partial charge in [0.1, 0.15) is 0 Å². The van der Waals surface area contributed by atoms with Crippen LogP contribution in [0.4, 0.5) is 5.69 Å². The van der Waals surface area contributed by atoms with E-state index in [9.17, 15) is 4.79 Å². The normalized spacial score (nSPS) is 12.2. The van der Waals surface area contributed by atoms with Crippen LogP contribution in [0.25, 0.3) is 0 Å². The molecule has 1 atom stereocenters. The van der Waals surface area contributed by atoms with E-state index in [-0.39, 0.29) is 18.6 Å². The zero-order valence-electron chi connectivity index (χ0n) is 8.73. The van der Waals surface area contributed by atoms with E-state index in [0.717, 1.165) is 11.3 Å². The molecule has 0 spiro atoms. The van der Waals surface area contributed by atoms with Crippen molar-refractivity contribution >= 4 is 11.6 Å². The Hall–Kier alpha value is -1.39. The largest absolute Gasteiger partial charge is 0.396 e. The number of benzene rings is 1. The predicted octanol–water partition coefficient (Wildman–Crippen LogP) is 1.03.